The molecule has 0 unspecified atom stereocenters. The molecule has 0 aliphatic rings. The molecule has 4 nitrogen and oxygen atoms in total. The first-order valence-corrected chi connectivity index (χ1v) is 7.94. The van der Waals surface area contributed by atoms with Gasteiger partial charge in [-0.1, -0.05) is 23.7 Å². The summed E-state index contributed by atoms with van der Waals surface area (Å²) < 4.78 is 26.1. The molecule has 96 valence electrons. The van der Waals surface area contributed by atoms with E-state index in [9.17, 15) is 13.5 Å². The molecule has 0 fully saturated rings. The normalized spacial score (nSPS) is 17.2. The van der Waals surface area contributed by atoms with Gasteiger partial charge in [-0.25, -0.2) is 8.42 Å². The third kappa shape index (κ3) is 3.24. The summed E-state index contributed by atoms with van der Waals surface area (Å²) in [6.45, 7) is 0. The van der Waals surface area contributed by atoms with Crippen molar-refractivity contribution in [1.82, 2.24) is 0 Å². The second kappa shape index (κ2) is 5.29. The topological polar surface area (TPSA) is 63.6 Å². The summed E-state index contributed by atoms with van der Waals surface area (Å²) in [7, 11) is -2.07. The number of sulfone groups is 1. The molecule has 0 saturated carbocycles. The fourth-order valence-corrected chi connectivity index (χ4v) is 2.21. The Morgan fingerprint density at radius 1 is 1.41 bits per heavy atom. The number of hydrogen-bond acceptors (Lipinski definition) is 4. The van der Waals surface area contributed by atoms with E-state index in [-0.39, 0.29) is 0 Å². The van der Waals surface area contributed by atoms with Crippen molar-refractivity contribution in [2.24, 2.45) is 0 Å². The molecule has 1 aromatic rings. The lowest BCUT2D eigenvalue weighted by molar-refractivity contribution is 0.187. The van der Waals surface area contributed by atoms with Crippen molar-refractivity contribution in [2.75, 3.05) is 13.4 Å². The molecule has 2 atom stereocenters. The minimum atomic E-state index is -3.59. The maximum Gasteiger partial charge on any atom is 0.224 e. The van der Waals surface area contributed by atoms with Gasteiger partial charge in [0, 0.05) is 6.26 Å². The van der Waals surface area contributed by atoms with Crippen molar-refractivity contribution in [2.45, 2.75) is 8.32 Å². The van der Waals surface area contributed by atoms with E-state index in [1.54, 1.807) is 24.3 Å². The Morgan fingerprint density at radius 2 is 1.88 bits per heavy atom. The zero-order valence-electron chi connectivity index (χ0n) is 9.22. The van der Waals surface area contributed by atoms with E-state index < -0.39 is 18.2 Å². The SMILES string of the molecule is COc1ccc([C@@H](O)[C@@](Cl)(I)S(C)(=O)=O)cc1. The van der Waals surface area contributed by atoms with E-state index in [0.29, 0.717) is 11.3 Å². The van der Waals surface area contributed by atoms with Crippen LogP contribution in [-0.4, -0.2) is 29.1 Å². The van der Waals surface area contributed by atoms with Crippen LogP contribution in [-0.2, 0) is 9.84 Å². The van der Waals surface area contributed by atoms with E-state index in [0.717, 1.165) is 6.26 Å². The van der Waals surface area contributed by atoms with E-state index in [2.05, 4.69) is 0 Å². The maximum absolute atomic E-state index is 11.5. The molecule has 0 saturated heterocycles. The minimum Gasteiger partial charge on any atom is -0.497 e. The Kier molecular flexibility index (Phi) is 4.67. The van der Waals surface area contributed by atoms with E-state index in [1.807, 2.05) is 0 Å². The lowest BCUT2D eigenvalue weighted by Gasteiger charge is -2.24. The largest absolute Gasteiger partial charge is 0.497 e. The Hall–Kier alpha value is -0.0500. The second-order valence-electron chi connectivity index (χ2n) is 3.51. The summed E-state index contributed by atoms with van der Waals surface area (Å²) in [5.41, 5.74) is 0.417. The zero-order chi connectivity index (χ0) is 13.3. The van der Waals surface area contributed by atoms with Gasteiger partial charge in [-0.2, -0.15) is 0 Å². The molecule has 0 radical (unpaired) electrons. The first kappa shape index (κ1) is 15.0. The average Bonchev–Trinajstić information content (AvgIpc) is 2.26. The van der Waals surface area contributed by atoms with Crippen LogP contribution in [0.3, 0.4) is 0 Å². The van der Waals surface area contributed by atoms with E-state index in [1.165, 1.54) is 29.7 Å². The van der Waals surface area contributed by atoms with Gasteiger partial charge in [-0.05, 0) is 40.3 Å². The Bertz CT molecular complexity index is 484. The van der Waals surface area contributed by atoms with Crippen LogP contribution < -0.4 is 4.74 Å². The molecule has 0 heterocycles. The maximum atomic E-state index is 11.5. The van der Waals surface area contributed by atoms with E-state index in [4.69, 9.17) is 16.3 Å². The van der Waals surface area contributed by atoms with Crippen molar-refractivity contribution in [1.29, 1.82) is 0 Å². The molecule has 0 aromatic heterocycles. The van der Waals surface area contributed by atoms with E-state index >= 15 is 0 Å². The highest BCUT2D eigenvalue weighted by atomic mass is 127. The van der Waals surface area contributed by atoms with Crippen molar-refractivity contribution in [3.63, 3.8) is 0 Å². The molecule has 0 spiro atoms. The third-order valence-electron chi connectivity index (χ3n) is 2.24. The van der Waals surface area contributed by atoms with Crippen LogP contribution >= 0.6 is 34.2 Å². The molecule has 0 amide bonds. The van der Waals surface area contributed by atoms with Crippen LogP contribution in [0.25, 0.3) is 0 Å². The number of methoxy groups -OCH3 is 1. The van der Waals surface area contributed by atoms with Crippen molar-refractivity contribution >= 4 is 44.0 Å². The monoisotopic (exact) mass is 390 g/mol. The number of aliphatic hydroxyl groups is 1. The van der Waals surface area contributed by atoms with Crippen LogP contribution in [0.1, 0.15) is 11.7 Å². The molecule has 1 rings (SSSR count). The Labute approximate surface area is 119 Å². The first-order chi connectivity index (χ1) is 7.70. The third-order valence-corrected chi connectivity index (χ3v) is 7.49. The number of ether oxygens (including phenoxy) is 1. The molecular weight excluding hydrogens is 379 g/mol. The van der Waals surface area contributed by atoms with Gasteiger partial charge in [-0.3, -0.25) is 0 Å². The molecule has 1 aromatic carbocycles. The van der Waals surface area contributed by atoms with Crippen LogP contribution in [0, 0.1) is 0 Å². The molecule has 0 bridgehead atoms. The van der Waals surface area contributed by atoms with Gasteiger partial charge in [0.2, 0.25) is 2.21 Å². The van der Waals surface area contributed by atoms with Crippen LogP contribution in [0.15, 0.2) is 24.3 Å². The number of rotatable bonds is 4. The summed E-state index contributed by atoms with van der Waals surface area (Å²) in [5, 5.41) is 9.99. The highest BCUT2D eigenvalue weighted by Crippen LogP contribution is 2.42. The lowest BCUT2D eigenvalue weighted by Crippen LogP contribution is -2.31. The van der Waals surface area contributed by atoms with Gasteiger partial charge in [0.15, 0.2) is 9.84 Å². The fourth-order valence-electron chi connectivity index (χ4n) is 1.18. The second-order valence-corrected chi connectivity index (χ2v) is 9.59. The molecule has 7 heteroatoms. The highest BCUT2D eigenvalue weighted by Gasteiger charge is 2.44. The predicted octanol–water partition coefficient (Wildman–Crippen LogP) is 2.10. The van der Waals surface area contributed by atoms with Gasteiger partial charge >= 0.3 is 0 Å². The van der Waals surface area contributed by atoms with Gasteiger partial charge in [0.1, 0.15) is 11.9 Å². The summed E-state index contributed by atoms with van der Waals surface area (Å²) in [6.07, 6.45) is -0.329. The highest BCUT2D eigenvalue weighted by molar-refractivity contribution is 14.1. The van der Waals surface area contributed by atoms with Crippen LogP contribution in [0.5, 0.6) is 5.75 Å². The number of alkyl halides is 2. The Balaban J connectivity index is 3.08. The van der Waals surface area contributed by atoms with Gasteiger partial charge < -0.3 is 9.84 Å². The zero-order valence-corrected chi connectivity index (χ0v) is 13.0. The molecule has 17 heavy (non-hydrogen) atoms. The lowest BCUT2D eigenvalue weighted by atomic mass is 10.1. The Morgan fingerprint density at radius 3 is 2.24 bits per heavy atom. The quantitative estimate of drug-likeness (QED) is 0.632. The van der Waals surface area contributed by atoms with Crippen LogP contribution in [0.4, 0.5) is 0 Å². The summed E-state index contributed by atoms with van der Waals surface area (Å²) in [5.74, 6) is 0.619. The predicted molar refractivity (Wildman–Crippen MR) is 75.4 cm³/mol. The summed E-state index contributed by atoms with van der Waals surface area (Å²) in [6, 6.07) is 6.41. The minimum absolute atomic E-state index is 0.417. The van der Waals surface area contributed by atoms with Crippen molar-refractivity contribution in [3.05, 3.63) is 29.8 Å². The number of hydrogen-bond donors (Lipinski definition) is 1. The summed E-state index contributed by atoms with van der Waals surface area (Å²) in [4.78, 5) is 0. The number of aliphatic hydroxyl groups excluding tert-OH is 1. The molecule has 1 N–H and O–H groups in total. The number of benzene rings is 1. The molecular formula is C10H12ClIO4S. The van der Waals surface area contributed by atoms with Gasteiger partial charge in [0.05, 0.1) is 7.11 Å². The van der Waals surface area contributed by atoms with Gasteiger partial charge in [-0.15, -0.1) is 0 Å². The van der Waals surface area contributed by atoms with Crippen LogP contribution in [0.2, 0.25) is 0 Å². The van der Waals surface area contributed by atoms with Crippen molar-refractivity contribution in [3.8, 4) is 5.75 Å². The fraction of sp³-hybridized carbons (Fsp3) is 0.400. The smallest absolute Gasteiger partial charge is 0.224 e. The first-order valence-electron chi connectivity index (χ1n) is 4.59. The van der Waals surface area contributed by atoms with Gasteiger partial charge in [0.25, 0.3) is 0 Å². The standard InChI is InChI=1S/C10H12ClIO4S/c1-16-8-5-3-7(4-6-8)9(13)10(11,12)17(2,14)15/h3-6,9,13H,1-2H3/t9-,10-/m1/s1. The molecule has 0 aliphatic heterocycles. The molecule has 0 aliphatic carbocycles. The summed E-state index contributed by atoms with van der Waals surface area (Å²) >= 11 is 7.41. The van der Waals surface area contributed by atoms with Crippen molar-refractivity contribution < 1.29 is 18.3 Å². The number of halogens is 2. The average molecular weight is 391 g/mol.